The van der Waals surface area contributed by atoms with Gasteiger partial charge in [-0.1, -0.05) is 61.4 Å². The number of hydrogen-bond acceptors (Lipinski definition) is 2. The van der Waals surface area contributed by atoms with Gasteiger partial charge in [0.05, 0.1) is 12.5 Å². The molecule has 26 heavy (non-hydrogen) atoms. The van der Waals surface area contributed by atoms with Gasteiger partial charge >= 0.3 is 0 Å². The van der Waals surface area contributed by atoms with Crippen LogP contribution in [-0.2, 0) is 15.6 Å². The second-order valence-electron chi connectivity index (χ2n) is 7.82. The van der Waals surface area contributed by atoms with Crippen molar-refractivity contribution in [2.24, 2.45) is 0 Å². The third-order valence-corrected chi connectivity index (χ3v) is 6.55. The van der Waals surface area contributed by atoms with E-state index in [4.69, 9.17) is 4.74 Å². The number of ether oxygens (including phenoxy) is 1. The third-order valence-electron chi connectivity index (χ3n) is 6.55. The first-order valence-electron chi connectivity index (χ1n) is 9.68. The number of amides is 1. The summed E-state index contributed by atoms with van der Waals surface area (Å²) < 4.78 is 5.54. The van der Waals surface area contributed by atoms with E-state index in [0.717, 1.165) is 50.0 Å². The number of benzene rings is 2. The molecule has 2 aliphatic rings. The summed E-state index contributed by atoms with van der Waals surface area (Å²) in [6.07, 6.45) is 6.44. The molecule has 0 aliphatic heterocycles. The molecule has 2 aromatic rings. The lowest BCUT2D eigenvalue weighted by atomic mass is 9.62. The highest BCUT2D eigenvalue weighted by atomic mass is 16.5. The molecule has 0 radical (unpaired) electrons. The van der Waals surface area contributed by atoms with Crippen molar-refractivity contribution in [2.75, 3.05) is 13.7 Å². The summed E-state index contributed by atoms with van der Waals surface area (Å²) in [4.78, 5) is 13.3. The van der Waals surface area contributed by atoms with Gasteiger partial charge in [-0.15, -0.1) is 0 Å². The molecule has 0 aromatic heterocycles. The smallest absolute Gasteiger partial charge is 0.230 e. The van der Waals surface area contributed by atoms with Gasteiger partial charge in [-0.3, -0.25) is 4.79 Å². The van der Waals surface area contributed by atoms with Gasteiger partial charge in [0.1, 0.15) is 5.75 Å². The van der Waals surface area contributed by atoms with Gasteiger partial charge in [-0.25, -0.2) is 0 Å². The van der Waals surface area contributed by atoms with Crippen molar-refractivity contribution in [1.82, 2.24) is 5.32 Å². The van der Waals surface area contributed by atoms with Gasteiger partial charge in [0, 0.05) is 17.5 Å². The maximum absolute atomic E-state index is 13.3. The van der Waals surface area contributed by atoms with Gasteiger partial charge in [0.2, 0.25) is 5.91 Å². The van der Waals surface area contributed by atoms with Crippen LogP contribution < -0.4 is 10.1 Å². The first kappa shape index (κ1) is 17.1. The van der Waals surface area contributed by atoms with Crippen LogP contribution in [0.5, 0.6) is 5.75 Å². The van der Waals surface area contributed by atoms with E-state index in [1.807, 2.05) is 24.3 Å². The average molecular weight is 349 g/mol. The van der Waals surface area contributed by atoms with Crippen LogP contribution in [0.3, 0.4) is 0 Å². The van der Waals surface area contributed by atoms with Crippen LogP contribution in [0.4, 0.5) is 0 Å². The Morgan fingerprint density at radius 3 is 2.19 bits per heavy atom. The fourth-order valence-electron chi connectivity index (χ4n) is 4.57. The van der Waals surface area contributed by atoms with E-state index in [0.29, 0.717) is 0 Å². The lowest BCUT2D eigenvalue weighted by Gasteiger charge is -2.45. The normalized spacial score (nSPS) is 19.7. The second kappa shape index (κ2) is 6.79. The minimum atomic E-state index is -0.422. The zero-order valence-corrected chi connectivity index (χ0v) is 15.5. The number of carbonyl (C=O) groups excluding carboxylic acids is 1. The lowest BCUT2D eigenvalue weighted by Crippen LogP contribution is -2.53. The van der Waals surface area contributed by atoms with Crippen molar-refractivity contribution in [1.29, 1.82) is 0 Å². The molecule has 2 saturated carbocycles. The van der Waals surface area contributed by atoms with Crippen LogP contribution in [0.1, 0.15) is 49.7 Å². The van der Waals surface area contributed by atoms with Crippen molar-refractivity contribution < 1.29 is 9.53 Å². The monoisotopic (exact) mass is 349 g/mol. The fraction of sp³-hybridized carbons (Fsp3) is 0.435. The zero-order valence-electron chi connectivity index (χ0n) is 15.5. The molecular formula is C23H27NO2. The molecule has 136 valence electrons. The van der Waals surface area contributed by atoms with Crippen LogP contribution in [0.25, 0.3) is 0 Å². The summed E-state index contributed by atoms with van der Waals surface area (Å²) in [5, 5.41) is 3.32. The Morgan fingerprint density at radius 1 is 0.962 bits per heavy atom. The van der Waals surface area contributed by atoms with E-state index in [2.05, 4.69) is 35.6 Å². The molecule has 1 amide bonds. The van der Waals surface area contributed by atoms with Crippen LogP contribution in [0.2, 0.25) is 0 Å². The number of methoxy groups -OCH3 is 1. The Labute approximate surface area is 155 Å². The minimum Gasteiger partial charge on any atom is -0.496 e. The zero-order chi connectivity index (χ0) is 18.0. The molecule has 0 saturated heterocycles. The highest BCUT2D eigenvalue weighted by Crippen LogP contribution is 2.48. The van der Waals surface area contributed by atoms with E-state index >= 15 is 0 Å². The largest absolute Gasteiger partial charge is 0.496 e. The van der Waals surface area contributed by atoms with Gasteiger partial charge in [-0.05, 0) is 37.3 Å². The van der Waals surface area contributed by atoms with Gasteiger partial charge in [0.15, 0.2) is 0 Å². The van der Waals surface area contributed by atoms with E-state index in [1.165, 1.54) is 12.0 Å². The van der Waals surface area contributed by atoms with Gasteiger partial charge in [0.25, 0.3) is 0 Å². The molecule has 0 heterocycles. The van der Waals surface area contributed by atoms with E-state index in [9.17, 15) is 4.79 Å². The molecule has 0 unspecified atom stereocenters. The average Bonchev–Trinajstić information content (AvgIpc) is 2.61. The lowest BCUT2D eigenvalue weighted by molar-refractivity contribution is -0.130. The molecule has 2 aliphatic carbocycles. The van der Waals surface area contributed by atoms with E-state index < -0.39 is 5.41 Å². The fourth-order valence-corrected chi connectivity index (χ4v) is 4.57. The van der Waals surface area contributed by atoms with Crippen molar-refractivity contribution in [3.63, 3.8) is 0 Å². The van der Waals surface area contributed by atoms with E-state index in [1.54, 1.807) is 7.11 Å². The summed E-state index contributed by atoms with van der Waals surface area (Å²) in [5.41, 5.74) is 2.08. The Morgan fingerprint density at radius 2 is 1.62 bits per heavy atom. The molecule has 0 atom stereocenters. The van der Waals surface area contributed by atoms with Crippen LogP contribution in [0.15, 0.2) is 54.6 Å². The highest BCUT2D eigenvalue weighted by molar-refractivity contribution is 5.90. The van der Waals surface area contributed by atoms with Crippen molar-refractivity contribution in [3.05, 3.63) is 65.7 Å². The molecule has 1 N–H and O–H groups in total. The number of carbonyl (C=O) groups is 1. The summed E-state index contributed by atoms with van der Waals surface area (Å²) in [6.45, 7) is 0.729. The predicted molar refractivity (Wildman–Crippen MR) is 104 cm³/mol. The quantitative estimate of drug-likeness (QED) is 0.842. The first-order chi connectivity index (χ1) is 12.7. The Bertz CT molecular complexity index is 776. The van der Waals surface area contributed by atoms with Gasteiger partial charge < -0.3 is 10.1 Å². The molecule has 0 spiro atoms. The summed E-state index contributed by atoms with van der Waals surface area (Å²) >= 11 is 0. The van der Waals surface area contributed by atoms with Crippen LogP contribution in [-0.4, -0.2) is 19.6 Å². The molecule has 3 nitrogen and oxygen atoms in total. The number of para-hydroxylation sites is 1. The standard InChI is InChI=1S/C23H27NO2/c1-26-20-12-6-5-11-19(20)23(15-8-16-23)21(25)24-17-22(13-7-14-22)18-9-3-2-4-10-18/h2-6,9-12H,7-8,13-17H2,1H3,(H,24,25). The molecule has 4 rings (SSSR count). The predicted octanol–water partition coefficient (Wildman–Crippen LogP) is 4.36. The number of rotatable bonds is 6. The van der Waals surface area contributed by atoms with Crippen molar-refractivity contribution >= 4 is 5.91 Å². The second-order valence-corrected chi connectivity index (χ2v) is 7.82. The van der Waals surface area contributed by atoms with E-state index in [-0.39, 0.29) is 11.3 Å². The topological polar surface area (TPSA) is 38.3 Å². The Kier molecular flexibility index (Phi) is 4.47. The molecule has 3 heteroatoms. The molecule has 0 bridgehead atoms. The maximum atomic E-state index is 13.3. The van der Waals surface area contributed by atoms with Crippen molar-refractivity contribution in [2.45, 2.75) is 49.4 Å². The molecule has 2 aromatic carbocycles. The first-order valence-corrected chi connectivity index (χ1v) is 9.68. The molecular weight excluding hydrogens is 322 g/mol. The van der Waals surface area contributed by atoms with Crippen LogP contribution in [0, 0.1) is 0 Å². The minimum absolute atomic E-state index is 0.114. The van der Waals surface area contributed by atoms with Crippen LogP contribution >= 0.6 is 0 Å². The highest BCUT2D eigenvalue weighted by Gasteiger charge is 2.48. The SMILES string of the molecule is COc1ccccc1C1(C(=O)NCC2(c3ccccc3)CCC2)CCC1. The summed E-state index contributed by atoms with van der Waals surface area (Å²) in [6, 6.07) is 18.6. The third kappa shape index (κ3) is 2.70. The van der Waals surface area contributed by atoms with Gasteiger partial charge in [-0.2, -0.15) is 0 Å². The number of hydrogen-bond donors (Lipinski definition) is 1. The summed E-state index contributed by atoms with van der Waals surface area (Å²) in [7, 11) is 1.68. The summed E-state index contributed by atoms with van der Waals surface area (Å²) in [5.74, 6) is 0.985. The maximum Gasteiger partial charge on any atom is 0.230 e. The Hall–Kier alpha value is -2.29. The number of nitrogens with one attached hydrogen (secondary N) is 1. The van der Waals surface area contributed by atoms with Crippen molar-refractivity contribution in [3.8, 4) is 5.75 Å². The Balaban J connectivity index is 1.54. The molecule has 2 fully saturated rings.